The highest BCUT2D eigenvalue weighted by Crippen LogP contribution is 2.32. The minimum atomic E-state index is 0.482. The Balaban J connectivity index is 1.43. The second-order valence-corrected chi connectivity index (χ2v) is 9.11. The van der Waals surface area contributed by atoms with Gasteiger partial charge in [0.2, 0.25) is 5.95 Å². The number of nitrogens with two attached hydrogens (primary N) is 1. The topological polar surface area (TPSA) is 76.1 Å². The number of benzene rings is 2. The van der Waals surface area contributed by atoms with E-state index in [1.54, 1.807) is 4.68 Å². The van der Waals surface area contributed by atoms with Crippen molar-refractivity contribution in [1.82, 2.24) is 24.6 Å². The van der Waals surface area contributed by atoms with E-state index in [0.29, 0.717) is 17.4 Å². The Morgan fingerprint density at radius 3 is 2.27 bits per heavy atom. The Kier molecular flexibility index (Phi) is 5.72. The summed E-state index contributed by atoms with van der Waals surface area (Å²) in [7, 11) is 1.85. The van der Waals surface area contributed by atoms with Gasteiger partial charge in [-0.2, -0.15) is 10.1 Å². The number of aryl methyl sites for hydroxylation is 1. The fourth-order valence-electron chi connectivity index (χ4n) is 4.43. The molecule has 4 aromatic rings. The molecule has 33 heavy (non-hydrogen) atoms. The Morgan fingerprint density at radius 1 is 0.909 bits per heavy atom. The van der Waals surface area contributed by atoms with Gasteiger partial charge in [0.1, 0.15) is 5.82 Å². The molecular weight excluding hydrogens is 410 g/mol. The van der Waals surface area contributed by atoms with Crippen molar-refractivity contribution in [3.63, 3.8) is 0 Å². The lowest BCUT2D eigenvalue weighted by atomic mass is 10.00. The van der Waals surface area contributed by atoms with Crippen LogP contribution < -0.4 is 10.6 Å². The normalized spacial score (nSPS) is 15.0. The third-order valence-corrected chi connectivity index (χ3v) is 6.48. The molecule has 2 aromatic carbocycles. The second kappa shape index (κ2) is 8.83. The molecule has 0 unspecified atom stereocenters. The van der Waals surface area contributed by atoms with E-state index in [0.717, 1.165) is 55.3 Å². The lowest BCUT2D eigenvalue weighted by Gasteiger charge is -2.34. The van der Waals surface area contributed by atoms with Gasteiger partial charge < -0.3 is 10.6 Å². The van der Waals surface area contributed by atoms with Crippen LogP contribution in [-0.4, -0.2) is 50.8 Å². The number of anilines is 2. The highest BCUT2D eigenvalue weighted by molar-refractivity contribution is 5.98. The first-order valence-corrected chi connectivity index (χ1v) is 11.6. The zero-order chi connectivity index (χ0) is 22.9. The molecule has 0 saturated carbocycles. The van der Waals surface area contributed by atoms with Crippen LogP contribution in [0, 0.1) is 0 Å². The molecule has 3 heterocycles. The average Bonchev–Trinajstić information content (AvgIpc) is 3.13. The SMILES string of the molecule is CC(C)c1ccc(-c2nc(N3CCN(Cc4ccccc4)CC3)nc3nn(C)c(N)c23)cc1. The maximum Gasteiger partial charge on any atom is 0.228 e. The lowest BCUT2D eigenvalue weighted by molar-refractivity contribution is 0.249. The van der Waals surface area contributed by atoms with Crippen molar-refractivity contribution < 1.29 is 0 Å². The fraction of sp³-hybridized carbons (Fsp3) is 0.346. The van der Waals surface area contributed by atoms with Crippen LogP contribution in [0.1, 0.15) is 30.9 Å². The Morgan fingerprint density at radius 2 is 1.61 bits per heavy atom. The highest BCUT2D eigenvalue weighted by atomic mass is 15.4. The molecule has 1 saturated heterocycles. The molecule has 2 N–H and O–H groups in total. The van der Waals surface area contributed by atoms with E-state index in [-0.39, 0.29) is 0 Å². The highest BCUT2D eigenvalue weighted by Gasteiger charge is 2.23. The van der Waals surface area contributed by atoms with Crippen molar-refractivity contribution in [1.29, 1.82) is 0 Å². The number of piperazine rings is 1. The van der Waals surface area contributed by atoms with Crippen molar-refractivity contribution in [2.45, 2.75) is 26.3 Å². The molecule has 0 radical (unpaired) electrons. The van der Waals surface area contributed by atoms with Gasteiger partial charge >= 0.3 is 0 Å². The summed E-state index contributed by atoms with van der Waals surface area (Å²) >= 11 is 0. The summed E-state index contributed by atoms with van der Waals surface area (Å²) in [6, 6.07) is 19.2. The predicted octanol–water partition coefficient (Wildman–Crippen LogP) is 4.06. The number of rotatable bonds is 5. The third kappa shape index (κ3) is 4.28. The summed E-state index contributed by atoms with van der Waals surface area (Å²) < 4.78 is 1.69. The van der Waals surface area contributed by atoms with Gasteiger partial charge in [0.25, 0.3) is 0 Å². The van der Waals surface area contributed by atoms with Gasteiger partial charge in [-0.05, 0) is 17.0 Å². The molecule has 0 aliphatic carbocycles. The van der Waals surface area contributed by atoms with Gasteiger partial charge in [-0.25, -0.2) is 4.98 Å². The largest absolute Gasteiger partial charge is 0.383 e. The molecule has 0 amide bonds. The van der Waals surface area contributed by atoms with Crippen molar-refractivity contribution in [2.75, 3.05) is 36.8 Å². The maximum absolute atomic E-state index is 6.37. The lowest BCUT2D eigenvalue weighted by Crippen LogP contribution is -2.46. The third-order valence-electron chi connectivity index (χ3n) is 6.48. The summed E-state index contributed by atoms with van der Waals surface area (Å²) in [6.07, 6.45) is 0. The van der Waals surface area contributed by atoms with Crippen molar-refractivity contribution >= 4 is 22.8 Å². The Hall–Kier alpha value is -3.45. The van der Waals surface area contributed by atoms with Crippen LogP contribution in [0.15, 0.2) is 54.6 Å². The van der Waals surface area contributed by atoms with Crippen molar-refractivity contribution in [2.24, 2.45) is 7.05 Å². The van der Waals surface area contributed by atoms with Crippen molar-refractivity contribution in [3.8, 4) is 11.3 Å². The molecule has 0 atom stereocenters. The number of hydrogen-bond donors (Lipinski definition) is 1. The quantitative estimate of drug-likeness (QED) is 0.503. The van der Waals surface area contributed by atoms with E-state index in [9.17, 15) is 0 Å². The summed E-state index contributed by atoms with van der Waals surface area (Å²) in [4.78, 5) is 14.6. The van der Waals surface area contributed by atoms with Crippen LogP contribution in [0.25, 0.3) is 22.3 Å². The zero-order valence-corrected chi connectivity index (χ0v) is 19.6. The van der Waals surface area contributed by atoms with Gasteiger partial charge in [0, 0.05) is 45.3 Å². The van der Waals surface area contributed by atoms with Crippen LogP contribution >= 0.6 is 0 Å². The first kappa shape index (κ1) is 21.4. The smallest absolute Gasteiger partial charge is 0.228 e. The van der Waals surface area contributed by atoms with Crippen molar-refractivity contribution in [3.05, 3.63) is 65.7 Å². The molecule has 1 aliphatic heterocycles. The number of hydrogen-bond acceptors (Lipinski definition) is 6. The molecule has 170 valence electrons. The standard InChI is InChI=1S/C26H31N7/c1-18(2)20-9-11-21(12-10-20)23-22-24(27)31(3)30-25(22)29-26(28-23)33-15-13-32(14-16-33)17-19-7-5-4-6-8-19/h4-12,18H,13-17,27H2,1-3H3. The van der Waals surface area contributed by atoms with Crippen LogP contribution in [0.5, 0.6) is 0 Å². The van der Waals surface area contributed by atoms with E-state index >= 15 is 0 Å². The monoisotopic (exact) mass is 441 g/mol. The fourth-order valence-corrected chi connectivity index (χ4v) is 4.43. The average molecular weight is 442 g/mol. The molecule has 5 rings (SSSR count). The number of aromatic nitrogens is 4. The molecule has 2 aromatic heterocycles. The molecule has 7 nitrogen and oxygen atoms in total. The summed E-state index contributed by atoms with van der Waals surface area (Å²) in [5, 5.41) is 5.40. The summed E-state index contributed by atoms with van der Waals surface area (Å²) in [5.41, 5.74) is 11.6. The van der Waals surface area contributed by atoms with Gasteiger partial charge in [-0.15, -0.1) is 0 Å². The minimum absolute atomic E-state index is 0.482. The second-order valence-electron chi connectivity index (χ2n) is 9.11. The molecule has 0 bridgehead atoms. The van der Waals surface area contributed by atoms with E-state index < -0.39 is 0 Å². The van der Waals surface area contributed by atoms with Crippen LogP contribution in [-0.2, 0) is 13.6 Å². The maximum atomic E-state index is 6.37. The minimum Gasteiger partial charge on any atom is -0.383 e. The number of fused-ring (bicyclic) bond motifs is 1. The van der Waals surface area contributed by atoms with Crippen LogP contribution in [0.2, 0.25) is 0 Å². The van der Waals surface area contributed by atoms with Gasteiger partial charge in [-0.1, -0.05) is 68.4 Å². The van der Waals surface area contributed by atoms with E-state index in [1.807, 2.05) is 7.05 Å². The molecule has 0 spiro atoms. The van der Waals surface area contributed by atoms with E-state index in [1.165, 1.54) is 11.1 Å². The summed E-state index contributed by atoms with van der Waals surface area (Å²) in [6.45, 7) is 9.08. The molecule has 1 aliphatic rings. The first-order valence-electron chi connectivity index (χ1n) is 11.6. The number of nitrogen functional groups attached to an aromatic ring is 1. The van der Waals surface area contributed by atoms with Gasteiger partial charge in [0.05, 0.1) is 11.1 Å². The van der Waals surface area contributed by atoms with Gasteiger partial charge in [0.15, 0.2) is 5.65 Å². The Bertz CT molecular complexity index is 1240. The van der Waals surface area contributed by atoms with E-state index in [2.05, 4.69) is 83.3 Å². The molecular formula is C26H31N7. The summed E-state index contributed by atoms with van der Waals surface area (Å²) in [5.74, 6) is 1.80. The predicted molar refractivity (Wildman–Crippen MR) is 134 cm³/mol. The number of nitrogens with zero attached hydrogens (tertiary/aromatic N) is 6. The van der Waals surface area contributed by atoms with Crippen LogP contribution in [0.3, 0.4) is 0 Å². The van der Waals surface area contributed by atoms with E-state index in [4.69, 9.17) is 15.7 Å². The first-order chi connectivity index (χ1) is 16.0. The molecule has 7 heteroatoms. The Labute approximate surface area is 194 Å². The zero-order valence-electron chi connectivity index (χ0n) is 19.6. The van der Waals surface area contributed by atoms with Crippen LogP contribution in [0.4, 0.5) is 11.8 Å². The van der Waals surface area contributed by atoms with Gasteiger partial charge in [-0.3, -0.25) is 9.58 Å². The molecule has 1 fully saturated rings.